The first-order valence-electron chi connectivity index (χ1n) is 6.38. The first kappa shape index (κ1) is 12.2. The summed E-state index contributed by atoms with van der Waals surface area (Å²) in [7, 11) is 6.46. The normalized spacial score (nSPS) is 16.0. The fourth-order valence-corrected chi connectivity index (χ4v) is 2.35. The van der Waals surface area contributed by atoms with Crippen LogP contribution < -0.4 is 9.80 Å². The molecular formula is C14H23N3. The lowest BCUT2D eigenvalue weighted by atomic mass is 10.2. The third kappa shape index (κ3) is 2.91. The van der Waals surface area contributed by atoms with Gasteiger partial charge in [0.25, 0.3) is 0 Å². The van der Waals surface area contributed by atoms with E-state index in [9.17, 15) is 0 Å². The fourth-order valence-electron chi connectivity index (χ4n) is 2.35. The van der Waals surface area contributed by atoms with Crippen molar-refractivity contribution in [2.24, 2.45) is 0 Å². The molecule has 1 aliphatic heterocycles. The van der Waals surface area contributed by atoms with Crippen molar-refractivity contribution in [1.82, 2.24) is 4.90 Å². The Kier molecular flexibility index (Phi) is 3.89. The number of hydrogen-bond acceptors (Lipinski definition) is 3. The van der Waals surface area contributed by atoms with Crippen molar-refractivity contribution in [2.75, 3.05) is 57.1 Å². The molecule has 0 aromatic heterocycles. The van der Waals surface area contributed by atoms with Crippen molar-refractivity contribution < 1.29 is 0 Å². The Labute approximate surface area is 105 Å². The van der Waals surface area contributed by atoms with Gasteiger partial charge in [0.15, 0.2) is 0 Å². The van der Waals surface area contributed by atoms with E-state index in [0.29, 0.717) is 0 Å². The molecule has 1 heterocycles. The van der Waals surface area contributed by atoms with E-state index in [4.69, 9.17) is 0 Å². The molecule has 0 amide bonds. The highest BCUT2D eigenvalue weighted by Gasteiger charge is 2.17. The van der Waals surface area contributed by atoms with E-state index < -0.39 is 0 Å². The minimum absolute atomic E-state index is 1.11. The molecule has 0 saturated carbocycles. The number of para-hydroxylation sites is 2. The van der Waals surface area contributed by atoms with Crippen LogP contribution in [0.3, 0.4) is 0 Å². The first-order chi connectivity index (χ1) is 8.18. The molecule has 0 spiro atoms. The molecule has 0 radical (unpaired) electrons. The second-order valence-corrected chi connectivity index (χ2v) is 5.05. The molecule has 2 rings (SSSR count). The van der Waals surface area contributed by atoms with Gasteiger partial charge in [-0.2, -0.15) is 0 Å². The Bertz CT molecular complexity index is 362. The van der Waals surface area contributed by atoms with Crippen LogP contribution in [0.15, 0.2) is 24.3 Å². The molecule has 17 heavy (non-hydrogen) atoms. The van der Waals surface area contributed by atoms with Crippen LogP contribution in [0.1, 0.15) is 6.42 Å². The van der Waals surface area contributed by atoms with Crippen LogP contribution in [0.25, 0.3) is 0 Å². The van der Waals surface area contributed by atoms with Crippen LogP contribution >= 0.6 is 0 Å². The van der Waals surface area contributed by atoms with Gasteiger partial charge in [-0.3, -0.25) is 0 Å². The highest BCUT2D eigenvalue weighted by molar-refractivity contribution is 5.71. The third-order valence-electron chi connectivity index (χ3n) is 3.37. The van der Waals surface area contributed by atoms with Gasteiger partial charge in [0.1, 0.15) is 0 Å². The lowest BCUT2D eigenvalue weighted by Crippen LogP contribution is -2.32. The molecule has 94 valence electrons. The summed E-state index contributed by atoms with van der Waals surface area (Å²) in [4.78, 5) is 7.13. The number of hydrogen-bond donors (Lipinski definition) is 0. The maximum Gasteiger partial charge on any atom is 0.0604 e. The van der Waals surface area contributed by atoms with Gasteiger partial charge >= 0.3 is 0 Å². The second kappa shape index (κ2) is 5.41. The van der Waals surface area contributed by atoms with Crippen LogP contribution in [0.4, 0.5) is 11.4 Å². The zero-order valence-corrected chi connectivity index (χ0v) is 11.2. The van der Waals surface area contributed by atoms with Gasteiger partial charge in [-0.15, -0.1) is 0 Å². The van der Waals surface area contributed by atoms with Crippen molar-refractivity contribution in [1.29, 1.82) is 0 Å². The molecule has 0 aliphatic carbocycles. The molecule has 1 aliphatic rings. The predicted octanol–water partition coefficient (Wildman–Crippen LogP) is 1.89. The molecule has 0 bridgehead atoms. The number of benzene rings is 1. The molecule has 3 heteroatoms. The van der Waals surface area contributed by atoms with Gasteiger partial charge in [0, 0.05) is 33.2 Å². The van der Waals surface area contributed by atoms with Crippen LogP contribution in [-0.4, -0.2) is 52.2 Å². The van der Waals surface area contributed by atoms with Crippen molar-refractivity contribution in [2.45, 2.75) is 6.42 Å². The van der Waals surface area contributed by atoms with Crippen LogP contribution in [-0.2, 0) is 0 Å². The minimum atomic E-state index is 1.11. The Morgan fingerprint density at radius 3 is 2.53 bits per heavy atom. The molecule has 0 unspecified atom stereocenters. The van der Waals surface area contributed by atoms with Gasteiger partial charge < -0.3 is 14.7 Å². The quantitative estimate of drug-likeness (QED) is 0.789. The van der Waals surface area contributed by atoms with Crippen molar-refractivity contribution in [3.63, 3.8) is 0 Å². The maximum atomic E-state index is 2.51. The zero-order valence-electron chi connectivity index (χ0n) is 11.2. The van der Waals surface area contributed by atoms with E-state index in [2.05, 4.69) is 60.1 Å². The monoisotopic (exact) mass is 233 g/mol. The lowest BCUT2D eigenvalue weighted by molar-refractivity contribution is 0.413. The largest absolute Gasteiger partial charge is 0.373 e. The van der Waals surface area contributed by atoms with E-state index in [0.717, 1.165) is 26.2 Å². The first-order valence-corrected chi connectivity index (χ1v) is 6.38. The number of fused-ring (bicyclic) bond motifs is 1. The summed E-state index contributed by atoms with van der Waals surface area (Å²) in [5.41, 5.74) is 2.75. The summed E-state index contributed by atoms with van der Waals surface area (Å²) < 4.78 is 0. The predicted molar refractivity (Wildman–Crippen MR) is 75.1 cm³/mol. The summed E-state index contributed by atoms with van der Waals surface area (Å²) in [6.07, 6.45) is 1.23. The molecule has 1 aromatic rings. The van der Waals surface area contributed by atoms with E-state index in [1.165, 1.54) is 17.8 Å². The summed E-state index contributed by atoms with van der Waals surface area (Å²) in [6, 6.07) is 8.74. The van der Waals surface area contributed by atoms with Gasteiger partial charge in [-0.05, 0) is 32.6 Å². The minimum Gasteiger partial charge on any atom is -0.373 e. The van der Waals surface area contributed by atoms with Gasteiger partial charge in [0.05, 0.1) is 11.4 Å². The highest BCUT2D eigenvalue weighted by atomic mass is 15.2. The summed E-state index contributed by atoms with van der Waals surface area (Å²) in [6.45, 7) is 4.53. The highest BCUT2D eigenvalue weighted by Crippen LogP contribution is 2.30. The Morgan fingerprint density at radius 1 is 1.12 bits per heavy atom. The van der Waals surface area contributed by atoms with Crippen molar-refractivity contribution >= 4 is 11.4 Å². The lowest BCUT2D eigenvalue weighted by Gasteiger charge is -2.27. The number of anilines is 2. The molecule has 0 saturated heterocycles. The maximum absolute atomic E-state index is 2.51. The molecule has 1 aromatic carbocycles. The third-order valence-corrected chi connectivity index (χ3v) is 3.37. The number of rotatable bonds is 3. The Hall–Kier alpha value is -1.22. The SMILES string of the molecule is CN(C)CCN1CCCN(C)c2ccccc21. The van der Waals surface area contributed by atoms with Crippen LogP contribution in [0.5, 0.6) is 0 Å². The van der Waals surface area contributed by atoms with E-state index in [-0.39, 0.29) is 0 Å². The Morgan fingerprint density at radius 2 is 1.82 bits per heavy atom. The fraction of sp³-hybridized carbons (Fsp3) is 0.571. The van der Waals surface area contributed by atoms with E-state index in [1.54, 1.807) is 0 Å². The van der Waals surface area contributed by atoms with Gasteiger partial charge in [-0.1, -0.05) is 12.1 Å². The Balaban J connectivity index is 2.19. The summed E-state index contributed by atoms with van der Waals surface area (Å²) >= 11 is 0. The smallest absolute Gasteiger partial charge is 0.0604 e. The zero-order chi connectivity index (χ0) is 12.3. The van der Waals surface area contributed by atoms with E-state index in [1.807, 2.05) is 0 Å². The number of nitrogens with zero attached hydrogens (tertiary/aromatic N) is 3. The number of likely N-dealkylation sites (N-methyl/N-ethyl adjacent to an activating group) is 1. The summed E-state index contributed by atoms with van der Waals surface area (Å²) in [5.74, 6) is 0. The van der Waals surface area contributed by atoms with Crippen LogP contribution in [0.2, 0.25) is 0 Å². The van der Waals surface area contributed by atoms with Crippen molar-refractivity contribution in [3.8, 4) is 0 Å². The van der Waals surface area contributed by atoms with Crippen molar-refractivity contribution in [3.05, 3.63) is 24.3 Å². The molecule has 0 fully saturated rings. The second-order valence-electron chi connectivity index (χ2n) is 5.05. The molecular weight excluding hydrogens is 210 g/mol. The van der Waals surface area contributed by atoms with E-state index >= 15 is 0 Å². The van der Waals surface area contributed by atoms with Gasteiger partial charge in [-0.25, -0.2) is 0 Å². The average molecular weight is 233 g/mol. The standard InChI is InChI=1S/C14H23N3/c1-15(2)11-12-17-10-6-9-16(3)13-7-4-5-8-14(13)17/h4-5,7-8H,6,9-12H2,1-3H3. The molecule has 3 nitrogen and oxygen atoms in total. The van der Waals surface area contributed by atoms with Crippen LogP contribution in [0, 0.1) is 0 Å². The van der Waals surface area contributed by atoms with Gasteiger partial charge in [0.2, 0.25) is 0 Å². The average Bonchev–Trinajstić information content (AvgIpc) is 2.47. The molecule has 0 N–H and O–H groups in total. The topological polar surface area (TPSA) is 9.72 Å². The molecule has 0 atom stereocenters. The summed E-state index contributed by atoms with van der Waals surface area (Å²) in [5, 5.41) is 0.